The van der Waals surface area contributed by atoms with Crippen LogP contribution in [0.2, 0.25) is 0 Å². The molecule has 0 spiro atoms. The normalized spacial score (nSPS) is 10.8. The zero-order chi connectivity index (χ0) is 17.1. The summed E-state index contributed by atoms with van der Waals surface area (Å²) in [7, 11) is 1.75. The fourth-order valence-electron chi connectivity index (χ4n) is 2.29. The summed E-state index contributed by atoms with van der Waals surface area (Å²) in [6.45, 7) is 4.19. The second kappa shape index (κ2) is 7.19. The predicted molar refractivity (Wildman–Crippen MR) is 99.3 cm³/mol. The van der Waals surface area contributed by atoms with E-state index in [1.807, 2.05) is 22.2 Å². The molecule has 0 unspecified atom stereocenters. The quantitative estimate of drug-likeness (QED) is 0.653. The molecule has 0 atom stereocenters. The summed E-state index contributed by atoms with van der Waals surface area (Å²) in [5, 5.41) is 3.38. The van der Waals surface area contributed by atoms with Gasteiger partial charge in [-0.05, 0) is 31.0 Å². The second-order valence-corrected chi connectivity index (χ2v) is 7.17. The first-order valence-electron chi connectivity index (χ1n) is 7.46. The molecule has 1 aromatic carbocycles. The highest BCUT2D eigenvalue weighted by Crippen LogP contribution is 2.25. The van der Waals surface area contributed by atoms with Gasteiger partial charge in [-0.3, -0.25) is 14.3 Å². The molecule has 0 saturated carbocycles. The van der Waals surface area contributed by atoms with Gasteiger partial charge in [-0.25, -0.2) is 9.97 Å². The number of hydrogen-bond donors (Lipinski definition) is 0. The Morgan fingerprint density at radius 3 is 2.88 bits per heavy atom. The molecule has 2 heterocycles. The van der Waals surface area contributed by atoms with Gasteiger partial charge in [0.1, 0.15) is 0 Å². The van der Waals surface area contributed by atoms with Gasteiger partial charge in [-0.2, -0.15) is 0 Å². The number of anilines is 1. The number of carbonyl (C=O) groups excluding carboxylic acids is 1. The molecule has 5 nitrogen and oxygen atoms in total. The van der Waals surface area contributed by atoms with Crippen molar-refractivity contribution in [2.45, 2.75) is 19.0 Å². The summed E-state index contributed by atoms with van der Waals surface area (Å²) < 4.78 is 2.03. The molecule has 24 heavy (non-hydrogen) atoms. The molecule has 7 heteroatoms. The topological polar surface area (TPSA) is 51.0 Å². The highest BCUT2D eigenvalue weighted by Gasteiger charge is 2.16. The van der Waals surface area contributed by atoms with Crippen LogP contribution in [0.25, 0.3) is 5.69 Å². The van der Waals surface area contributed by atoms with Crippen LogP contribution < -0.4 is 4.90 Å². The minimum Gasteiger partial charge on any atom is -0.295 e. The number of thiazole rings is 1. The molecule has 0 aliphatic heterocycles. The van der Waals surface area contributed by atoms with E-state index >= 15 is 0 Å². The van der Waals surface area contributed by atoms with Gasteiger partial charge < -0.3 is 0 Å². The van der Waals surface area contributed by atoms with E-state index in [-0.39, 0.29) is 5.91 Å². The van der Waals surface area contributed by atoms with Gasteiger partial charge in [0.2, 0.25) is 5.91 Å². The Kier molecular flexibility index (Phi) is 5.01. The van der Waals surface area contributed by atoms with E-state index in [0.717, 1.165) is 10.8 Å². The number of aryl methyl sites for hydroxylation is 1. The smallest absolute Gasteiger partial charge is 0.238 e. The zero-order valence-electron chi connectivity index (χ0n) is 13.8. The molecule has 0 saturated heterocycles. The molecule has 0 radical (unpaired) electrons. The van der Waals surface area contributed by atoms with E-state index in [1.165, 1.54) is 34.2 Å². The average Bonchev–Trinajstić information content (AvgIpc) is 3.26. The molecule has 0 aliphatic rings. The molecule has 0 bridgehead atoms. The Labute approximate surface area is 149 Å². The molecular formula is C17H18N4OS2. The van der Waals surface area contributed by atoms with Crippen molar-refractivity contribution >= 4 is 34.1 Å². The van der Waals surface area contributed by atoms with E-state index in [1.54, 1.807) is 24.3 Å². The summed E-state index contributed by atoms with van der Waals surface area (Å²) in [5.41, 5.74) is 3.54. The first kappa shape index (κ1) is 16.7. The van der Waals surface area contributed by atoms with Crippen molar-refractivity contribution in [3.63, 3.8) is 0 Å². The van der Waals surface area contributed by atoms with Gasteiger partial charge in [0.15, 0.2) is 10.3 Å². The standard InChI is InChI=1S/C17H18N4OS2/c1-12-5-4-6-14(13(12)2)21-9-7-18-17(21)24-11-15(22)20(3)16-19-8-10-23-16/h4-10H,11H2,1-3H3. The zero-order valence-corrected chi connectivity index (χ0v) is 15.4. The molecule has 124 valence electrons. The van der Waals surface area contributed by atoms with Gasteiger partial charge in [0.05, 0.1) is 11.4 Å². The van der Waals surface area contributed by atoms with Crippen molar-refractivity contribution in [2.75, 3.05) is 17.7 Å². The van der Waals surface area contributed by atoms with Crippen LogP contribution >= 0.6 is 23.1 Å². The van der Waals surface area contributed by atoms with Crippen molar-refractivity contribution in [2.24, 2.45) is 0 Å². The van der Waals surface area contributed by atoms with Gasteiger partial charge >= 0.3 is 0 Å². The molecule has 3 aromatic rings. The third kappa shape index (κ3) is 3.37. The van der Waals surface area contributed by atoms with Crippen LogP contribution in [0.5, 0.6) is 0 Å². The van der Waals surface area contributed by atoms with Crippen LogP contribution in [0.1, 0.15) is 11.1 Å². The Morgan fingerprint density at radius 2 is 2.12 bits per heavy atom. The molecule has 3 rings (SSSR count). The lowest BCUT2D eigenvalue weighted by Gasteiger charge is -2.14. The van der Waals surface area contributed by atoms with Crippen LogP contribution in [0.15, 0.2) is 47.3 Å². The minimum atomic E-state index is 0.00506. The Bertz CT molecular complexity index is 842. The molecule has 1 amide bonds. The first-order chi connectivity index (χ1) is 11.6. The largest absolute Gasteiger partial charge is 0.295 e. The monoisotopic (exact) mass is 358 g/mol. The maximum atomic E-state index is 12.3. The Morgan fingerprint density at radius 1 is 1.29 bits per heavy atom. The highest BCUT2D eigenvalue weighted by atomic mass is 32.2. The van der Waals surface area contributed by atoms with Crippen LogP contribution in [0.3, 0.4) is 0 Å². The van der Waals surface area contributed by atoms with Crippen molar-refractivity contribution in [3.05, 3.63) is 53.3 Å². The fraction of sp³-hybridized carbons (Fsp3) is 0.235. The van der Waals surface area contributed by atoms with Crippen molar-refractivity contribution in [3.8, 4) is 5.69 Å². The van der Waals surface area contributed by atoms with E-state index in [4.69, 9.17) is 0 Å². The lowest BCUT2D eigenvalue weighted by Crippen LogP contribution is -2.27. The number of hydrogen-bond acceptors (Lipinski definition) is 5. The number of rotatable bonds is 5. The lowest BCUT2D eigenvalue weighted by atomic mass is 10.1. The number of carbonyl (C=O) groups is 1. The van der Waals surface area contributed by atoms with Crippen molar-refractivity contribution < 1.29 is 4.79 Å². The van der Waals surface area contributed by atoms with Gasteiger partial charge in [0, 0.05) is 31.0 Å². The summed E-state index contributed by atoms with van der Waals surface area (Å²) in [6, 6.07) is 6.19. The Balaban J connectivity index is 1.75. The number of amides is 1. The molecule has 0 aliphatic carbocycles. The van der Waals surface area contributed by atoms with Crippen LogP contribution in [0, 0.1) is 13.8 Å². The van der Waals surface area contributed by atoms with Gasteiger partial charge in [0.25, 0.3) is 0 Å². The minimum absolute atomic E-state index is 0.00506. The number of aromatic nitrogens is 3. The number of imidazole rings is 1. The summed E-state index contributed by atoms with van der Waals surface area (Å²) in [6.07, 6.45) is 5.39. The molecule has 0 fully saturated rings. The first-order valence-corrected chi connectivity index (χ1v) is 9.33. The maximum Gasteiger partial charge on any atom is 0.238 e. The lowest BCUT2D eigenvalue weighted by molar-refractivity contribution is -0.115. The van der Waals surface area contributed by atoms with E-state index in [9.17, 15) is 4.79 Å². The van der Waals surface area contributed by atoms with E-state index in [2.05, 4.69) is 35.9 Å². The van der Waals surface area contributed by atoms with Gasteiger partial charge in [-0.1, -0.05) is 23.9 Å². The van der Waals surface area contributed by atoms with E-state index in [0.29, 0.717) is 10.9 Å². The van der Waals surface area contributed by atoms with Gasteiger partial charge in [-0.15, -0.1) is 11.3 Å². The fourth-order valence-corrected chi connectivity index (χ4v) is 3.79. The Hall–Kier alpha value is -2.12. The average molecular weight is 358 g/mol. The van der Waals surface area contributed by atoms with Crippen molar-refractivity contribution in [1.29, 1.82) is 0 Å². The van der Waals surface area contributed by atoms with Crippen LogP contribution in [-0.2, 0) is 4.79 Å². The molecule has 2 aromatic heterocycles. The SMILES string of the molecule is Cc1cccc(-n2ccnc2SCC(=O)N(C)c2nccs2)c1C. The maximum absolute atomic E-state index is 12.3. The number of benzene rings is 1. The summed E-state index contributed by atoms with van der Waals surface area (Å²) in [4.78, 5) is 22.5. The van der Waals surface area contributed by atoms with Crippen LogP contribution in [0.4, 0.5) is 5.13 Å². The summed E-state index contributed by atoms with van der Waals surface area (Å²) >= 11 is 2.88. The summed E-state index contributed by atoms with van der Waals surface area (Å²) in [5.74, 6) is 0.322. The third-order valence-corrected chi connectivity index (χ3v) is 5.65. The number of thioether (sulfide) groups is 1. The van der Waals surface area contributed by atoms with E-state index < -0.39 is 0 Å². The third-order valence-electron chi connectivity index (χ3n) is 3.85. The highest BCUT2D eigenvalue weighted by molar-refractivity contribution is 7.99. The van der Waals surface area contributed by atoms with Crippen molar-refractivity contribution in [1.82, 2.24) is 14.5 Å². The number of nitrogens with zero attached hydrogens (tertiary/aromatic N) is 4. The molecule has 0 N–H and O–H groups in total. The van der Waals surface area contributed by atoms with Crippen LogP contribution in [-0.4, -0.2) is 33.2 Å². The predicted octanol–water partition coefficient (Wildman–Crippen LogP) is 3.70. The molecular weight excluding hydrogens is 340 g/mol. The second-order valence-electron chi connectivity index (χ2n) is 5.35.